The predicted molar refractivity (Wildman–Crippen MR) is 111 cm³/mol. The van der Waals surface area contributed by atoms with Crippen LogP contribution in [-0.2, 0) is 20.9 Å². The van der Waals surface area contributed by atoms with Crippen molar-refractivity contribution in [1.82, 2.24) is 0 Å². The molecule has 3 rings (SSSR count). The number of hydrogen-bond acceptors (Lipinski definition) is 6. The van der Waals surface area contributed by atoms with Crippen LogP contribution in [-0.4, -0.2) is 30.4 Å². The number of nitrogens with one attached hydrogen (secondary N) is 1. The number of hydrogen-bond donors (Lipinski definition) is 1. The minimum atomic E-state index is -1.06. The molecule has 0 aliphatic heterocycles. The monoisotopic (exact) mass is 409 g/mol. The van der Waals surface area contributed by atoms with E-state index < -0.39 is 18.0 Å². The van der Waals surface area contributed by atoms with E-state index in [1.54, 1.807) is 36.4 Å². The third-order valence-electron chi connectivity index (χ3n) is 4.55. The molecule has 156 valence electrons. The average Bonchev–Trinajstić information content (AvgIpc) is 3.11. The van der Waals surface area contributed by atoms with Gasteiger partial charge in [-0.15, -0.1) is 0 Å². The molecule has 0 unspecified atom stereocenters. The van der Waals surface area contributed by atoms with E-state index in [1.807, 2.05) is 19.1 Å². The summed E-state index contributed by atoms with van der Waals surface area (Å²) in [6.07, 6.45) is -1.06. The molecule has 1 heterocycles. The number of Topliss-reactive ketones (excluding diaryl/α,β-unsaturated/α-hetero) is 1. The van der Waals surface area contributed by atoms with Gasteiger partial charge in [0.25, 0.3) is 5.91 Å². The fourth-order valence-electron chi connectivity index (χ4n) is 2.91. The number of rotatable bonds is 8. The van der Waals surface area contributed by atoms with E-state index in [-0.39, 0.29) is 18.2 Å². The minimum absolute atomic E-state index is 0.0233. The van der Waals surface area contributed by atoms with E-state index >= 15 is 0 Å². The SMILES string of the molecule is CCOCc1c(C(=O)O[C@H](C)C(=O)Nc2ccc(C(C)=O)cc2)oc2ccccc12. The van der Waals surface area contributed by atoms with Crippen LogP contribution in [0.2, 0.25) is 0 Å². The van der Waals surface area contributed by atoms with Crippen molar-refractivity contribution in [2.24, 2.45) is 0 Å². The molecule has 2 aromatic carbocycles. The predicted octanol–water partition coefficient (Wildman–Crippen LogP) is 4.36. The van der Waals surface area contributed by atoms with Crippen LogP contribution in [0.25, 0.3) is 11.0 Å². The second-order valence-corrected chi connectivity index (χ2v) is 6.71. The van der Waals surface area contributed by atoms with Crippen molar-refractivity contribution < 1.29 is 28.3 Å². The number of carbonyl (C=O) groups is 3. The summed E-state index contributed by atoms with van der Waals surface area (Å²) in [5.41, 5.74) is 2.17. The first-order valence-corrected chi connectivity index (χ1v) is 9.61. The fourth-order valence-corrected chi connectivity index (χ4v) is 2.91. The van der Waals surface area contributed by atoms with E-state index in [4.69, 9.17) is 13.9 Å². The van der Waals surface area contributed by atoms with Crippen LogP contribution in [0.4, 0.5) is 5.69 Å². The van der Waals surface area contributed by atoms with Crippen molar-refractivity contribution in [2.75, 3.05) is 11.9 Å². The van der Waals surface area contributed by atoms with Gasteiger partial charge in [-0.05, 0) is 51.1 Å². The van der Waals surface area contributed by atoms with Gasteiger partial charge in [0.2, 0.25) is 5.76 Å². The molecule has 1 amide bonds. The fraction of sp³-hybridized carbons (Fsp3) is 0.261. The third-order valence-corrected chi connectivity index (χ3v) is 4.55. The summed E-state index contributed by atoms with van der Waals surface area (Å²) < 4.78 is 16.5. The number of esters is 1. The van der Waals surface area contributed by atoms with E-state index in [2.05, 4.69) is 5.32 Å². The molecule has 1 aromatic heterocycles. The van der Waals surface area contributed by atoms with Crippen LogP contribution in [0.1, 0.15) is 47.2 Å². The van der Waals surface area contributed by atoms with Crippen molar-refractivity contribution in [3.63, 3.8) is 0 Å². The van der Waals surface area contributed by atoms with Crippen LogP contribution in [0.3, 0.4) is 0 Å². The quantitative estimate of drug-likeness (QED) is 0.439. The second-order valence-electron chi connectivity index (χ2n) is 6.71. The zero-order valence-corrected chi connectivity index (χ0v) is 17.1. The van der Waals surface area contributed by atoms with Crippen LogP contribution in [0, 0.1) is 0 Å². The maximum atomic E-state index is 12.7. The molecular formula is C23H23NO6. The molecule has 7 heteroatoms. The van der Waals surface area contributed by atoms with Gasteiger partial charge in [0.15, 0.2) is 11.9 Å². The summed E-state index contributed by atoms with van der Waals surface area (Å²) in [6, 6.07) is 13.7. The molecule has 0 radical (unpaired) electrons. The highest BCUT2D eigenvalue weighted by molar-refractivity contribution is 6.00. The number of carbonyl (C=O) groups excluding carboxylic acids is 3. The Morgan fingerprint density at radius 2 is 1.77 bits per heavy atom. The summed E-state index contributed by atoms with van der Waals surface area (Å²) in [6.45, 7) is 5.47. The van der Waals surface area contributed by atoms with Crippen molar-refractivity contribution in [1.29, 1.82) is 0 Å². The molecular weight excluding hydrogens is 386 g/mol. The minimum Gasteiger partial charge on any atom is -0.449 e. The molecule has 0 saturated heterocycles. The first-order chi connectivity index (χ1) is 14.4. The third kappa shape index (κ3) is 4.75. The lowest BCUT2D eigenvalue weighted by molar-refractivity contribution is -0.123. The number of benzene rings is 2. The van der Waals surface area contributed by atoms with Gasteiger partial charge in [0, 0.05) is 28.8 Å². The first-order valence-electron chi connectivity index (χ1n) is 9.61. The van der Waals surface area contributed by atoms with E-state index in [9.17, 15) is 14.4 Å². The Kier molecular flexibility index (Phi) is 6.64. The number of para-hydroxylation sites is 1. The van der Waals surface area contributed by atoms with Crippen LogP contribution in [0.15, 0.2) is 52.9 Å². The lowest BCUT2D eigenvalue weighted by Crippen LogP contribution is -2.30. The Labute approximate surface area is 174 Å². The molecule has 0 bridgehead atoms. The van der Waals surface area contributed by atoms with Crippen LogP contribution in [0.5, 0.6) is 0 Å². The van der Waals surface area contributed by atoms with Gasteiger partial charge in [-0.1, -0.05) is 18.2 Å². The Morgan fingerprint density at radius 1 is 1.07 bits per heavy atom. The highest BCUT2D eigenvalue weighted by atomic mass is 16.6. The highest BCUT2D eigenvalue weighted by Gasteiger charge is 2.26. The smallest absolute Gasteiger partial charge is 0.375 e. The van der Waals surface area contributed by atoms with Crippen LogP contribution < -0.4 is 5.32 Å². The lowest BCUT2D eigenvalue weighted by atomic mass is 10.1. The zero-order valence-electron chi connectivity index (χ0n) is 17.1. The molecule has 0 aliphatic carbocycles. The van der Waals surface area contributed by atoms with Gasteiger partial charge in [-0.2, -0.15) is 0 Å². The molecule has 0 spiro atoms. The Bertz CT molecular complexity index is 1070. The van der Waals surface area contributed by atoms with Gasteiger partial charge < -0.3 is 19.2 Å². The summed E-state index contributed by atoms with van der Waals surface area (Å²) in [5, 5.41) is 3.42. The molecule has 7 nitrogen and oxygen atoms in total. The number of furan rings is 1. The Hall–Kier alpha value is -3.45. The average molecular weight is 409 g/mol. The summed E-state index contributed by atoms with van der Waals surface area (Å²) in [5.74, 6) is -1.28. The van der Waals surface area contributed by atoms with E-state index in [0.717, 1.165) is 5.39 Å². The molecule has 1 N–H and O–H groups in total. The van der Waals surface area contributed by atoms with Crippen LogP contribution >= 0.6 is 0 Å². The summed E-state index contributed by atoms with van der Waals surface area (Å²) in [7, 11) is 0. The van der Waals surface area contributed by atoms with Crippen molar-refractivity contribution in [3.05, 3.63) is 65.4 Å². The van der Waals surface area contributed by atoms with E-state index in [0.29, 0.717) is 29.0 Å². The highest BCUT2D eigenvalue weighted by Crippen LogP contribution is 2.27. The van der Waals surface area contributed by atoms with Gasteiger partial charge in [0.1, 0.15) is 5.58 Å². The standard InChI is InChI=1S/C23H23NO6/c1-4-28-13-19-18-7-5-6-8-20(18)30-21(19)23(27)29-15(3)22(26)24-17-11-9-16(10-12-17)14(2)25/h5-12,15H,4,13H2,1-3H3,(H,24,26)/t15-/m1/s1. The topological polar surface area (TPSA) is 94.8 Å². The van der Waals surface area contributed by atoms with Crippen molar-refractivity contribution >= 4 is 34.3 Å². The lowest BCUT2D eigenvalue weighted by Gasteiger charge is -2.13. The molecule has 30 heavy (non-hydrogen) atoms. The molecule has 0 saturated carbocycles. The van der Waals surface area contributed by atoms with Gasteiger partial charge in [-0.3, -0.25) is 9.59 Å². The van der Waals surface area contributed by atoms with Crippen molar-refractivity contribution in [2.45, 2.75) is 33.5 Å². The molecule has 0 aliphatic rings. The number of ether oxygens (including phenoxy) is 2. The van der Waals surface area contributed by atoms with Gasteiger partial charge in [-0.25, -0.2) is 4.79 Å². The molecule has 3 aromatic rings. The number of ketones is 1. The maximum absolute atomic E-state index is 12.7. The van der Waals surface area contributed by atoms with E-state index in [1.165, 1.54) is 13.8 Å². The summed E-state index contributed by atoms with van der Waals surface area (Å²) >= 11 is 0. The number of fused-ring (bicyclic) bond motifs is 1. The number of amides is 1. The largest absolute Gasteiger partial charge is 0.449 e. The molecule has 1 atom stereocenters. The summed E-state index contributed by atoms with van der Waals surface area (Å²) in [4.78, 5) is 36.5. The van der Waals surface area contributed by atoms with Gasteiger partial charge in [0.05, 0.1) is 6.61 Å². The molecule has 0 fully saturated rings. The van der Waals surface area contributed by atoms with Gasteiger partial charge >= 0.3 is 5.97 Å². The Balaban J connectivity index is 1.71. The first kappa shape index (κ1) is 21.3. The maximum Gasteiger partial charge on any atom is 0.375 e. The normalized spacial score (nSPS) is 11.8. The number of anilines is 1. The second kappa shape index (κ2) is 9.37. The van der Waals surface area contributed by atoms with Crippen molar-refractivity contribution in [3.8, 4) is 0 Å². The zero-order chi connectivity index (χ0) is 21.7. The Morgan fingerprint density at radius 3 is 2.43 bits per heavy atom.